The summed E-state index contributed by atoms with van der Waals surface area (Å²) in [7, 11) is 0. The second kappa shape index (κ2) is 7.15. The molecule has 110 valence electrons. The molecule has 0 saturated heterocycles. The molecule has 21 heavy (non-hydrogen) atoms. The predicted molar refractivity (Wildman–Crippen MR) is 92.0 cm³/mol. The molecule has 1 heterocycles. The van der Waals surface area contributed by atoms with Crippen molar-refractivity contribution in [3.8, 4) is 0 Å². The lowest BCUT2D eigenvalue weighted by molar-refractivity contribution is 0.478. The fourth-order valence-electron chi connectivity index (χ4n) is 3.15. The molecule has 1 nitrogen and oxygen atoms in total. The molecule has 2 unspecified atom stereocenters. The van der Waals surface area contributed by atoms with Crippen molar-refractivity contribution in [3.63, 3.8) is 0 Å². The lowest BCUT2D eigenvalue weighted by Gasteiger charge is -2.20. The van der Waals surface area contributed by atoms with Crippen molar-refractivity contribution in [2.24, 2.45) is 0 Å². The molecule has 0 aliphatic carbocycles. The van der Waals surface area contributed by atoms with Crippen LogP contribution in [0.3, 0.4) is 0 Å². The maximum absolute atomic E-state index is 3.64. The fourth-order valence-corrected chi connectivity index (χ4v) is 4.46. The van der Waals surface area contributed by atoms with Crippen LogP contribution in [0.2, 0.25) is 0 Å². The first kappa shape index (κ1) is 14.7. The van der Waals surface area contributed by atoms with E-state index in [9.17, 15) is 0 Å². The zero-order valence-corrected chi connectivity index (χ0v) is 13.4. The maximum Gasteiger partial charge on any atom is 0.0320 e. The average Bonchev–Trinajstić information content (AvgIpc) is 2.95. The zero-order valence-electron chi connectivity index (χ0n) is 12.6. The molecule has 0 fully saturated rings. The van der Waals surface area contributed by atoms with Gasteiger partial charge in [-0.05, 0) is 42.5 Å². The van der Waals surface area contributed by atoms with Crippen molar-refractivity contribution in [3.05, 3.63) is 65.7 Å². The summed E-state index contributed by atoms with van der Waals surface area (Å²) in [5, 5.41) is 3.64. The molecule has 0 aromatic heterocycles. The Bertz CT molecular complexity index is 567. The summed E-state index contributed by atoms with van der Waals surface area (Å²) >= 11 is 2.02. The maximum atomic E-state index is 3.64. The molecule has 2 atom stereocenters. The fraction of sp³-hybridized carbons (Fsp3) is 0.368. The van der Waals surface area contributed by atoms with Crippen LogP contribution in [-0.2, 0) is 0 Å². The topological polar surface area (TPSA) is 12.0 Å². The molecule has 0 radical (unpaired) electrons. The van der Waals surface area contributed by atoms with E-state index in [1.54, 1.807) is 5.56 Å². The molecule has 1 aliphatic heterocycles. The molecule has 3 rings (SSSR count). The van der Waals surface area contributed by atoms with E-state index in [4.69, 9.17) is 0 Å². The van der Waals surface area contributed by atoms with Gasteiger partial charge < -0.3 is 5.32 Å². The smallest absolute Gasteiger partial charge is 0.0320 e. The minimum Gasteiger partial charge on any atom is -0.310 e. The highest BCUT2D eigenvalue weighted by Gasteiger charge is 2.23. The molecule has 2 aromatic rings. The summed E-state index contributed by atoms with van der Waals surface area (Å²) < 4.78 is 0. The van der Waals surface area contributed by atoms with Gasteiger partial charge in [-0.15, -0.1) is 11.8 Å². The van der Waals surface area contributed by atoms with E-state index in [1.165, 1.54) is 29.1 Å². The molecule has 0 amide bonds. The van der Waals surface area contributed by atoms with Crippen LogP contribution in [0.4, 0.5) is 0 Å². The van der Waals surface area contributed by atoms with Gasteiger partial charge in [0.1, 0.15) is 0 Å². The number of fused-ring (bicyclic) bond motifs is 1. The standard InChI is InChI=1S/C19H23NS/c1-2-20-18(15-8-4-3-5-9-15)13-12-16-14-21-19-11-7-6-10-17(16)19/h3-11,16,18,20H,2,12-14H2,1H3. The van der Waals surface area contributed by atoms with Gasteiger partial charge in [0.25, 0.3) is 0 Å². The third-order valence-corrected chi connectivity index (χ3v) is 5.51. The van der Waals surface area contributed by atoms with Gasteiger partial charge in [0, 0.05) is 16.7 Å². The van der Waals surface area contributed by atoms with Crippen LogP contribution in [0.1, 0.15) is 42.9 Å². The lowest BCUT2D eigenvalue weighted by Crippen LogP contribution is -2.21. The van der Waals surface area contributed by atoms with Crippen LogP contribution in [0.5, 0.6) is 0 Å². The van der Waals surface area contributed by atoms with Gasteiger partial charge >= 0.3 is 0 Å². The first-order chi connectivity index (χ1) is 10.4. The van der Waals surface area contributed by atoms with Crippen LogP contribution in [0.25, 0.3) is 0 Å². The van der Waals surface area contributed by atoms with E-state index in [-0.39, 0.29) is 0 Å². The van der Waals surface area contributed by atoms with Crippen molar-refractivity contribution in [2.45, 2.75) is 36.6 Å². The molecular formula is C19H23NS. The first-order valence-corrected chi connectivity index (χ1v) is 8.87. The highest BCUT2D eigenvalue weighted by molar-refractivity contribution is 7.99. The molecule has 2 aromatic carbocycles. The van der Waals surface area contributed by atoms with Crippen LogP contribution in [0.15, 0.2) is 59.5 Å². The van der Waals surface area contributed by atoms with E-state index in [1.807, 2.05) is 11.8 Å². The van der Waals surface area contributed by atoms with E-state index < -0.39 is 0 Å². The molecule has 2 heteroatoms. The summed E-state index contributed by atoms with van der Waals surface area (Å²) in [6.45, 7) is 3.21. The Balaban J connectivity index is 1.66. The largest absolute Gasteiger partial charge is 0.310 e. The van der Waals surface area contributed by atoms with Gasteiger partial charge in [-0.2, -0.15) is 0 Å². The summed E-state index contributed by atoms with van der Waals surface area (Å²) in [4.78, 5) is 1.49. The monoisotopic (exact) mass is 297 g/mol. The van der Waals surface area contributed by atoms with Gasteiger partial charge in [-0.3, -0.25) is 0 Å². The van der Waals surface area contributed by atoms with E-state index in [2.05, 4.69) is 66.8 Å². The molecule has 0 spiro atoms. The van der Waals surface area contributed by atoms with Crippen molar-refractivity contribution in [1.29, 1.82) is 0 Å². The Kier molecular flexibility index (Phi) is 5.00. The second-order valence-corrected chi connectivity index (χ2v) is 6.71. The molecule has 0 bridgehead atoms. The number of nitrogens with one attached hydrogen (secondary N) is 1. The van der Waals surface area contributed by atoms with E-state index >= 15 is 0 Å². The van der Waals surface area contributed by atoms with Crippen LogP contribution >= 0.6 is 11.8 Å². The SMILES string of the molecule is CCNC(CCC1CSc2ccccc21)c1ccccc1. The summed E-state index contributed by atoms with van der Waals surface area (Å²) in [5.41, 5.74) is 2.98. The Morgan fingerprint density at radius 3 is 2.67 bits per heavy atom. The normalized spacial score (nSPS) is 18.4. The summed E-state index contributed by atoms with van der Waals surface area (Å²) in [5.74, 6) is 1.96. The van der Waals surface area contributed by atoms with Crippen LogP contribution < -0.4 is 5.32 Å². The van der Waals surface area contributed by atoms with Gasteiger partial charge in [0.15, 0.2) is 0 Å². The number of hydrogen-bond acceptors (Lipinski definition) is 2. The molecule has 0 saturated carbocycles. The number of hydrogen-bond donors (Lipinski definition) is 1. The van der Waals surface area contributed by atoms with E-state index in [0.717, 1.165) is 12.5 Å². The third kappa shape index (κ3) is 3.50. The highest BCUT2D eigenvalue weighted by atomic mass is 32.2. The van der Waals surface area contributed by atoms with E-state index in [0.29, 0.717) is 6.04 Å². The minimum atomic E-state index is 0.481. The first-order valence-electron chi connectivity index (χ1n) is 7.88. The van der Waals surface area contributed by atoms with Crippen molar-refractivity contribution in [1.82, 2.24) is 5.32 Å². The average molecular weight is 297 g/mol. The van der Waals surface area contributed by atoms with Gasteiger partial charge in [-0.25, -0.2) is 0 Å². The minimum absolute atomic E-state index is 0.481. The number of rotatable bonds is 6. The Morgan fingerprint density at radius 1 is 1.10 bits per heavy atom. The summed E-state index contributed by atoms with van der Waals surface area (Å²) in [6, 6.07) is 20.2. The second-order valence-electron chi connectivity index (χ2n) is 5.64. The lowest BCUT2D eigenvalue weighted by atomic mass is 9.92. The Hall–Kier alpha value is -1.25. The summed E-state index contributed by atoms with van der Waals surface area (Å²) in [6.07, 6.45) is 2.47. The Labute approximate surface area is 132 Å². The predicted octanol–water partition coefficient (Wildman–Crippen LogP) is 5.01. The van der Waals surface area contributed by atoms with Crippen molar-refractivity contribution < 1.29 is 0 Å². The zero-order chi connectivity index (χ0) is 14.5. The van der Waals surface area contributed by atoms with Crippen molar-refractivity contribution in [2.75, 3.05) is 12.3 Å². The van der Waals surface area contributed by atoms with Gasteiger partial charge in [0.2, 0.25) is 0 Å². The van der Waals surface area contributed by atoms with Crippen LogP contribution in [-0.4, -0.2) is 12.3 Å². The number of benzene rings is 2. The molecular weight excluding hydrogens is 274 g/mol. The quantitative estimate of drug-likeness (QED) is 0.804. The molecule has 1 N–H and O–H groups in total. The number of thioether (sulfide) groups is 1. The van der Waals surface area contributed by atoms with Gasteiger partial charge in [0.05, 0.1) is 0 Å². The highest BCUT2D eigenvalue weighted by Crippen LogP contribution is 2.42. The Morgan fingerprint density at radius 2 is 1.86 bits per heavy atom. The van der Waals surface area contributed by atoms with Gasteiger partial charge in [-0.1, -0.05) is 55.5 Å². The van der Waals surface area contributed by atoms with Crippen molar-refractivity contribution >= 4 is 11.8 Å². The molecule has 1 aliphatic rings. The third-order valence-electron chi connectivity index (χ3n) is 4.26. The van der Waals surface area contributed by atoms with Crippen LogP contribution in [0, 0.1) is 0 Å².